The number of rotatable bonds is 6. The van der Waals surface area contributed by atoms with Gasteiger partial charge in [0.05, 0.1) is 30.7 Å². The molecule has 1 saturated carbocycles. The highest BCUT2D eigenvalue weighted by atomic mass is 32.2. The number of hydrogen-bond donors (Lipinski definition) is 2. The molecule has 0 amide bonds. The van der Waals surface area contributed by atoms with E-state index in [2.05, 4.69) is 9.46 Å². The van der Waals surface area contributed by atoms with Crippen molar-refractivity contribution < 1.29 is 37.0 Å². The summed E-state index contributed by atoms with van der Waals surface area (Å²) in [7, 11) is -3.21. The van der Waals surface area contributed by atoms with E-state index < -0.39 is 34.2 Å². The van der Waals surface area contributed by atoms with Crippen LogP contribution in [0.1, 0.15) is 33.8 Å². The number of carboxylic acids is 1. The number of sulfonamides is 1. The molecule has 2 atom stereocenters. The Balaban J connectivity index is 1.74. The van der Waals surface area contributed by atoms with Crippen molar-refractivity contribution in [1.29, 1.82) is 0 Å². The maximum absolute atomic E-state index is 13.7. The van der Waals surface area contributed by atoms with Crippen molar-refractivity contribution in [2.75, 3.05) is 18.4 Å². The topological polar surface area (TPSA) is 119 Å². The van der Waals surface area contributed by atoms with Gasteiger partial charge in [-0.1, -0.05) is 6.07 Å². The van der Waals surface area contributed by atoms with Gasteiger partial charge in [-0.05, 0) is 47.7 Å². The van der Waals surface area contributed by atoms with E-state index in [9.17, 15) is 27.5 Å². The van der Waals surface area contributed by atoms with Crippen LogP contribution in [0.25, 0.3) is 0 Å². The Kier molecular flexibility index (Phi) is 4.89. The first-order valence-corrected chi connectivity index (χ1v) is 10.6. The molecule has 0 bridgehead atoms. The minimum Gasteiger partial charge on any atom is -0.492 e. The quantitative estimate of drug-likeness (QED) is 0.669. The van der Waals surface area contributed by atoms with Gasteiger partial charge < -0.3 is 14.6 Å². The van der Waals surface area contributed by atoms with Crippen LogP contribution < -0.4 is 9.46 Å². The molecule has 158 valence electrons. The third-order valence-electron chi connectivity index (χ3n) is 5.28. The molecule has 1 heterocycles. The molecule has 4 rings (SSSR count). The van der Waals surface area contributed by atoms with Crippen molar-refractivity contribution in [2.24, 2.45) is 5.92 Å². The molecule has 1 aliphatic carbocycles. The number of halogens is 1. The highest BCUT2D eigenvalue weighted by Crippen LogP contribution is 2.55. The Labute approximate surface area is 171 Å². The van der Waals surface area contributed by atoms with Crippen molar-refractivity contribution in [2.45, 2.75) is 23.7 Å². The summed E-state index contributed by atoms with van der Waals surface area (Å²) in [4.78, 5) is 23.2. The van der Waals surface area contributed by atoms with Crippen molar-refractivity contribution in [3.05, 3.63) is 52.8 Å². The van der Waals surface area contributed by atoms with Crippen LogP contribution in [0.4, 0.5) is 10.1 Å². The molecule has 2 aromatic rings. The fourth-order valence-electron chi connectivity index (χ4n) is 3.72. The zero-order valence-electron chi connectivity index (χ0n) is 15.8. The molecule has 2 N–H and O–H groups in total. The van der Waals surface area contributed by atoms with Gasteiger partial charge >= 0.3 is 11.9 Å². The average molecular weight is 435 g/mol. The molecule has 1 fully saturated rings. The number of nitrogens with one attached hydrogen (secondary N) is 1. The second-order valence-electron chi connectivity index (χ2n) is 7.24. The lowest BCUT2D eigenvalue weighted by atomic mass is 10.0. The van der Waals surface area contributed by atoms with Crippen molar-refractivity contribution in [1.82, 2.24) is 0 Å². The van der Waals surface area contributed by atoms with Gasteiger partial charge in [0.2, 0.25) is 0 Å². The maximum Gasteiger partial charge on any atom is 0.341 e. The summed E-state index contributed by atoms with van der Waals surface area (Å²) in [5, 5.41) is 9.71. The fraction of sp³-hybridized carbons (Fsp3) is 0.300. The number of anilines is 1. The van der Waals surface area contributed by atoms with Gasteiger partial charge in [0, 0.05) is 5.92 Å². The second-order valence-corrected chi connectivity index (χ2v) is 8.89. The summed E-state index contributed by atoms with van der Waals surface area (Å²) in [6.07, 6.45) is 0.441. The number of methoxy groups -OCH3 is 1. The van der Waals surface area contributed by atoms with Crippen LogP contribution in [0.5, 0.6) is 5.75 Å². The van der Waals surface area contributed by atoms with Crippen LogP contribution in [0.15, 0.2) is 35.2 Å². The molecule has 2 aliphatic rings. The lowest BCUT2D eigenvalue weighted by molar-refractivity contribution is -0.139. The molecule has 1 aliphatic heterocycles. The van der Waals surface area contributed by atoms with Crippen molar-refractivity contribution in [3.63, 3.8) is 0 Å². The number of hydrogen-bond acceptors (Lipinski definition) is 6. The van der Waals surface area contributed by atoms with E-state index in [4.69, 9.17) is 4.74 Å². The third-order valence-corrected chi connectivity index (χ3v) is 6.75. The Morgan fingerprint density at radius 1 is 1.30 bits per heavy atom. The van der Waals surface area contributed by atoms with Crippen LogP contribution >= 0.6 is 0 Å². The number of carbonyl (C=O) groups is 2. The summed E-state index contributed by atoms with van der Waals surface area (Å²) in [5.41, 5.74) is 0.188. The first-order valence-electron chi connectivity index (χ1n) is 9.12. The van der Waals surface area contributed by atoms with Crippen LogP contribution in [0.3, 0.4) is 0 Å². The molecule has 10 heteroatoms. The van der Waals surface area contributed by atoms with E-state index >= 15 is 0 Å². The molecule has 30 heavy (non-hydrogen) atoms. The number of ether oxygens (including phenoxy) is 2. The van der Waals surface area contributed by atoms with Gasteiger partial charge in [-0.2, -0.15) is 0 Å². The molecular formula is C20H18FNO7S. The van der Waals surface area contributed by atoms with E-state index in [1.165, 1.54) is 6.07 Å². The molecule has 0 unspecified atom stereocenters. The largest absolute Gasteiger partial charge is 0.492 e. The highest BCUT2D eigenvalue weighted by molar-refractivity contribution is 7.92. The average Bonchev–Trinajstić information content (AvgIpc) is 3.47. The van der Waals surface area contributed by atoms with Crippen molar-refractivity contribution >= 4 is 27.6 Å². The Morgan fingerprint density at radius 2 is 2.07 bits per heavy atom. The number of fused-ring (bicyclic) bond motifs is 3. The third kappa shape index (κ3) is 3.58. The summed E-state index contributed by atoms with van der Waals surface area (Å²) >= 11 is 0. The molecule has 0 aromatic heterocycles. The summed E-state index contributed by atoms with van der Waals surface area (Å²) in [5.74, 6) is -2.05. The summed E-state index contributed by atoms with van der Waals surface area (Å²) in [6, 6.07) is 5.92. The number of benzene rings is 2. The standard InChI is InChI=1S/C20H18FNO7S/c1-28-17(23)8-10-6-12(21)2-5-16(10)30(26,27)22-15-4-3-13-14-7-11(14)9-29-19(13)18(15)20(24)25/h2-6,11,14,22H,7-9H2,1H3,(H,24,25)/t11-,14-/m0/s1. The predicted molar refractivity (Wildman–Crippen MR) is 103 cm³/mol. The number of aromatic carboxylic acids is 1. The SMILES string of the molecule is COC(=O)Cc1cc(F)ccc1S(=O)(=O)Nc1ccc2c(c1C(=O)O)OC[C@@H]1C[C@H]21. The lowest BCUT2D eigenvalue weighted by Crippen LogP contribution is -2.20. The van der Waals surface area contributed by atoms with E-state index in [0.29, 0.717) is 12.5 Å². The zero-order valence-corrected chi connectivity index (χ0v) is 16.7. The van der Waals surface area contributed by atoms with Gasteiger partial charge in [0.25, 0.3) is 10.0 Å². The number of carboxylic acid groups (broad SMARTS) is 1. The van der Waals surface area contributed by atoms with Crippen LogP contribution in [0, 0.1) is 11.7 Å². The zero-order chi connectivity index (χ0) is 21.6. The molecule has 8 nitrogen and oxygen atoms in total. The predicted octanol–water partition coefficient (Wildman–Crippen LogP) is 2.54. The highest BCUT2D eigenvalue weighted by Gasteiger charge is 2.45. The molecule has 0 radical (unpaired) electrons. The van der Waals surface area contributed by atoms with E-state index in [1.807, 2.05) is 0 Å². The van der Waals surface area contributed by atoms with E-state index in [-0.39, 0.29) is 33.4 Å². The summed E-state index contributed by atoms with van der Waals surface area (Å²) < 4.78 is 52.1. The smallest absolute Gasteiger partial charge is 0.341 e. The fourth-order valence-corrected chi connectivity index (χ4v) is 5.02. The normalized spacial score (nSPS) is 19.1. The second kappa shape index (κ2) is 7.28. The van der Waals surface area contributed by atoms with Gasteiger partial charge in [-0.3, -0.25) is 9.52 Å². The Bertz CT molecular complexity index is 1160. The summed E-state index contributed by atoms with van der Waals surface area (Å²) in [6.45, 7) is 0.384. The minimum atomic E-state index is -4.34. The van der Waals surface area contributed by atoms with Crippen LogP contribution in [0.2, 0.25) is 0 Å². The minimum absolute atomic E-state index is 0.110. The molecule has 0 spiro atoms. The first-order chi connectivity index (χ1) is 14.2. The van der Waals surface area contributed by atoms with Crippen LogP contribution in [-0.4, -0.2) is 39.2 Å². The van der Waals surface area contributed by atoms with Gasteiger partial charge in [-0.25, -0.2) is 17.6 Å². The van der Waals surface area contributed by atoms with Crippen LogP contribution in [-0.2, 0) is 26.0 Å². The first kappa shape index (κ1) is 20.1. The lowest BCUT2D eigenvalue weighted by Gasteiger charge is -2.21. The van der Waals surface area contributed by atoms with Gasteiger partial charge in [-0.15, -0.1) is 0 Å². The monoisotopic (exact) mass is 435 g/mol. The van der Waals surface area contributed by atoms with E-state index in [1.54, 1.807) is 6.07 Å². The maximum atomic E-state index is 13.7. The van der Waals surface area contributed by atoms with Gasteiger partial charge in [0.15, 0.2) is 0 Å². The van der Waals surface area contributed by atoms with Crippen molar-refractivity contribution in [3.8, 4) is 5.75 Å². The van der Waals surface area contributed by atoms with E-state index in [0.717, 1.165) is 37.3 Å². The Morgan fingerprint density at radius 3 is 2.77 bits per heavy atom. The number of esters is 1. The Hall–Kier alpha value is -3.14. The van der Waals surface area contributed by atoms with Gasteiger partial charge in [0.1, 0.15) is 17.1 Å². The number of carbonyl (C=O) groups excluding carboxylic acids is 1. The molecule has 2 aromatic carbocycles. The molecular weight excluding hydrogens is 417 g/mol. The molecule has 0 saturated heterocycles.